The van der Waals surface area contributed by atoms with Crippen LogP contribution in [0.4, 0.5) is 11.4 Å². The maximum absolute atomic E-state index is 4.11. The van der Waals surface area contributed by atoms with Gasteiger partial charge in [-0.2, -0.15) is 5.10 Å². The number of rotatable bonds is 6. The third-order valence-corrected chi connectivity index (χ3v) is 3.52. The molecule has 3 aromatic rings. The predicted molar refractivity (Wildman–Crippen MR) is 89.9 cm³/mol. The molecule has 0 aliphatic rings. The Hall–Kier alpha value is -2.82. The summed E-state index contributed by atoms with van der Waals surface area (Å²) in [6, 6.07) is 16.7. The molecule has 3 rings (SSSR count). The van der Waals surface area contributed by atoms with Gasteiger partial charge >= 0.3 is 0 Å². The van der Waals surface area contributed by atoms with E-state index >= 15 is 0 Å². The van der Waals surface area contributed by atoms with Crippen LogP contribution >= 0.6 is 0 Å². The molecule has 0 aliphatic carbocycles. The average molecular weight is 293 g/mol. The Morgan fingerprint density at radius 3 is 2.68 bits per heavy atom. The van der Waals surface area contributed by atoms with Crippen LogP contribution in [0.15, 0.2) is 61.2 Å². The Balaban J connectivity index is 1.80. The normalized spacial score (nSPS) is 10.4. The summed E-state index contributed by atoms with van der Waals surface area (Å²) >= 11 is 0. The first-order valence-electron chi connectivity index (χ1n) is 7.30. The highest BCUT2D eigenvalue weighted by molar-refractivity contribution is 5.80. The van der Waals surface area contributed by atoms with Gasteiger partial charge in [0.05, 0.1) is 6.54 Å². The Morgan fingerprint density at radius 1 is 1.09 bits per heavy atom. The molecular weight excluding hydrogens is 274 g/mol. The quantitative estimate of drug-likeness (QED) is 0.733. The van der Waals surface area contributed by atoms with E-state index in [2.05, 4.69) is 63.2 Å². The zero-order valence-corrected chi connectivity index (χ0v) is 12.5. The van der Waals surface area contributed by atoms with E-state index in [1.807, 2.05) is 17.8 Å². The van der Waals surface area contributed by atoms with Crippen LogP contribution in [0.25, 0.3) is 11.1 Å². The highest BCUT2D eigenvalue weighted by atomic mass is 15.3. The molecule has 0 amide bonds. The minimum absolute atomic E-state index is 0.776. The van der Waals surface area contributed by atoms with E-state index in [0.29, 0.717) is 0 Å². The molecule has 2 aromatic carbocycles. The second-order valence-corrected chi connectivity index (χ2v) is 4.96. The maximum Gasteiger partial charge on any atom is 0.137 e. The fraction of sp³-hybridized carbons (Fsp3) is 0.176. The lowest BCUT2D eigenvalue weighted by atomic mass is 10.0. The van der Waals surface area contributed by atoms with Crippen LogP contribution in [0, 0.1) is 0 Å². The Bertz CT molecular complexity index is 707. The van der Waals surface area contributed by atoms with Gasteiger partial charge in [-0.05, 0) is 17.7 Å². The largest absolute Gasteiger partial charge is 0.388 e. The molecule has 5 nitrogen and oxygen atoms in total. The smallest absolute Gasteiger partial charge is 0.137 e. The maximum atomic E-state index is 4.11. The third kappa shape index (κ3) is 3.25. The van der Waals surface area contributed by atoms with Crippen LogP contribution in [-0.2, 0) is 6.54 Å². The summed E-state index contributed by atoms with van der Waals surface area (Å²) in [6.07, 6.45) is 3.28. The minimum atomic E-state index is 0.776. The number of hydrogen-bond donors (Lipinski definition) is 2. The van der Waals surface area contributed by atoms with Gasteiger partial charge in [0.15, 0.2) is 0 Å². The second kappa shape index (κ2) is 6.76. The van der Waals surface area contributed by atoms with Gasteiger partial charge in [-0.3, -0.25) is 4.68 Å². The number of hydrogen-bond acceptors (Lipinski definition) is 4. The van der Waals surface area contributed by atoms with Gasteiger partial charge in [-0.25, -0.2) is 4.98 Å². The molecule has 0 fully saturated rings. The topological polar surface area (TPSA) is 54.8 Å². The van der Waals surface area contributed by atoms with E-state index in [0.717, 1.165) is 24.5 Å². The molecular formula is C17H19N5. The molecule has 0 radical (unpaired) electrons. The summed E-state index contributed by atoms with van der Waals surface area (Å²) in [5.41, 5.74) is 4.59. The van der Waals surface area contributed by atoms with Gasteiger partial charge in [0.25, 0.3) is 0 Å². The molecule has 22 heavy (non-hydrogen) atoms. The number of anilines is 2. The van der Waals surface area contributed by atoms with Crippen molar-refractivity contribution in [3.8, 4) is 11.1 Å². The molecule has 0 aliphatic heterocycles. The molecule has 0 atom stereocenters. The van der Waals surface area contributed by atoms with Crippen molar-refractivity contribution in [1.82, 2.24) is 14.8 Å². The van der Waals surface area contributed by atoms with E-state index < -0.39 is 0 Å². The molecule has 2 N–H and O–H groups in total. The van der Waals surface area contributed by atoms with Gasteiger partial charge < -0.3 is 10.6 Å². The van der Waals surface area contributed by atoms with Crippen molar-refractivity contribution in [1.29, 1.82) is 0 Å². The van der Waals surface area contributed by atoms with Crippen LogP contribution in [0.2, 0.25) is 0 Å². The second-order valence-electron chi connectivity index (χ2n) is 4.96. The van der Waals surface area contributed by atoms with E-state index in [1.54, 1.807) is 12.7 Å². The molecule has 0 saturated carbocycles. The summed E-state index contributed by atoms with van der Waals surface area (Å²) < 4.78 is 1.82. The first-order valence-corrected chi connectivity index (χ1v) is 7.30. The lowest BCUT2D eigenvalue weighted by Crippen LogP contribution is -2.11. The van der Waals surface area contributed by atoms with Gasteiger partial charge in [-0.15, -0.1) is 0 Å². The van der Waals surface area contributed by atoms with Crippen molar-refractivity contribution in [2.75, 3.05) is 24.2 Å². The van der Waals surface area contributed by atoms with Gasteiger partial charge in [0, 0.05) is 30.5 Å². The van der Waals surface area contributed by atoms with E-state index in [1.165, 1.54) is 11.1 Å². The monoisotopic (exact) mass is 293 g/mol. The summed E-state index contributed by atoms with van der Waals surface area (Å²) in [5.74, 6) is 0. The first kappa shape index (κ1) is 14.1. The zero-order chi connectivity index (χ0) is 15.2. The molecule has 1 aromatic heterocycles. The zero-order valence-electron chi connectivity index (χ0n) is 12.5. The van der Waals surface area contributed by atoms with E-state index in [-0.39, 0.29) is 0 Å². The molecule has 0 bridgehead atoms. The van der Waals surface area contributed by atoms with Gasteiger partial charge in [0.1, 0.15) is 12.7 Å². The number of nitrogens with zero attached hydrogens (tertiary/aromatic N) is 3. The third-order valence-electron chi connectivity index (χ3n) is 3.52. The van der Waals surface area contributed by atoms with Crippen LogP contribution in [0.3, 0.4) is 0 Å². The van der Waals surface area contributed by atoms with Gasteiger partial charge in [0.2, 0.25) is 0 Å². The Kier molecular flexibility index (Phi) is 4.34. The van der Waals surface area contributed by atoms with Crippen LogP contribution in [0.1, 0.15) is 0 Å². The van der Waals surface area contributed by atoms with Crippen molar-refractivity contribution >= 4 is 11.4 Å². The predicted octanol–water partition coefficient (Wildman–Crippen LogP) is 3.10. The standard InChI is InChI=1S/C17H19N5/c1-18-15-7-8-16(14-5-3-2-4-6-14)17(11-15)20-9-10-22-13-19-12-21-22/h2-8,11-13,18,20H,9-10H2,1H3. The molecule has 1 heterocycles. The van der Waals surface area contributed by atoms with Crippen molar-refractivity contribution in [3.63, 3.8) is 0 Å². The number of aromatic nitrogens is 3. The van der Waals surface area contributed by atoms with Crippen molar-refractivity contribution in [3.05, 3.63) is 61.2 Å². The summed E-state index contributed by atoms with van der Waals surface area (Å²) in [6.45, 7) is 1.56. The Morgan fingerprint density at radius 2 is 1.95 bits per heavy atom. The fourth-order valence-corrected chi connectivity index (χ4v) is 2.37. The molecule has 0 spiro atoms. The molecule has 112 valence electrons. The number of nitrogens with one attached hydrogen (secondary N) is 2. The SMILES string of the molecule is CNc1ccc(-c2ccccc2)c(NCCn2cncn2)c1. The van der Waals surface area contributed by atoms with Gasteiger partial charge in [-0.1, -0.05) is 36.4 Å². The fourth-order valence-electron chi connectivity index (χ4n) is 2.37. The lowest BCUT2D eigenvalue weighted by Gasteiger charge is -2.14. The lowest BCUT2D eigenvalue weighted by molar-refractivity contribution is 0.636. The summed E-state index contributed by atoms with van der Waals surface area (Å²) in [7, 11) is 1.93. The Labute approximate surface area is 130 Å². The first-order chi connectivity index (χ1) is 10.9. The summed E-state index contributed by atoms with van der Waals surface area (Å²) in [4.78, 5) is 3.95. The molecule has 5 heteroatoms. The van der Waals surface area contributed by atoms with Crippen LogP contribution < -0.4 is 10.6 Å². The average Bonchev–Trinajstić information content (AvgIpc) is 3.09. The number of benzene rings is 2. The summed E-state index contributed by atoms with van der Waals surface area (Å²) in [5, 5.41) is 10.8. The van der Waals surface area contributed by atoms with Crippen LogP contribution in [0.5, 0.6) is 0 Å². The van der Waals surface area contributed by atoms with E-state index in [9.17, 15) is 0 Å². The van der Waals surface area contributed by atoms with Crippen molar-refractivity contribution < 1.29 is 0 Å². The van der Waals surface area contributed by atoms with Crippen molar-refractivity contribution in [2.45, 2.75) is 6.54 Å². The highest BCUT2D eigenvalue weighted by Gasteiger charge is 2.06. The highest BCUT2D eigenvalue weighted by Crippen LogP contribution is 2.30. The van der Waals surface area contributed by atoms with E-state index in [4.69, 9.17) is 0 Å². The minimum Gasteiger partial charge on any atom is -0.388 e. The molecule has 0 saturated heterocycles. The van der Waals surface area contributed by atoms with Crippen LogP contribution in [-0.4, -0.2) is 28.4 Å². The molecule has 0 unspecified atom stereocenters. The van der Waals surface area contributed by atoms with Crippen molar-refractivity contribution in [2.24, 2.45) is 0 Å².